The van der Waals surface area contributed by atoms with Crippen molar-refractivity contribution in [3.63, 3.8) is 0 Å². The van der Waals surface area contributed by atoms with Crippen LogP contribution in [0.3, 0.4) is 0 Å². The molecule has 2 heterocycles. The molecule has 148 valence electrons. The molecule has 28 heavy (non-hydrogen) atoms. The number of aryl methyl sites for hydroxylation is 3. The molecule has 0 amide bonds. The molecule has 0 bridgehead atoms. The van der Waals surface area contributed by atoms with Crippen LogP contribution >= 0.6 is 11.9 Å². The van der Waals surface area contributed by atoms with E-state index in [1.807, 2.05) is 26.0 Å². The second-order valence-corrected chi connectivity index (χ2v) is 7.58. The van der Waals surface area contributed by atoms with Crippen molar-refractivity contribution in [2.75, 3.05) is 24.1 Å². The van der Waals surface area contributed by atoms with E-state index >= 15 is 0 Å². The number of nitrogens with one attached hydrogen (secondary N) is 2. The first-order valence-corrected chi connectivity index (χ1v) is 10.0. The van der Waals surface area contributed by atoms with Crippen LogP contribution in [-0.2, 0) is 0 Å². The maximum Gasteiger partial charge on any atom is 0.222 e. The highest BCUT2D eigenvalue weighted by Crippen LogP contribution is 2.26. The molecule has 0 aliphatic rings. The summed E-state index contributed by atoms with van der Waals surface area (Å²) in [6.07, 6.45) is 0.930. The summed E-state index contributed by atoms with van der Waals surface area (Å²) in [5.41, 5.74) is 11.2. The van der Waals surface area contributed by atoms with E-state index in [1.165, 1.54) is 11.1 Å². The zero-order valence-corrected chi connectivity index (χ0v) is 17.5. The van der Waals surface area contributed by atoms with Crippen LogP contribution in [0.1, 0.15) is 29.0 Å². The molecule has 3 rings (SSSR count). The SMILES string of the molecule is Cc1cccc(-c2cc(NCCCNSc3c(C)noc3C)nc(N)n2)c1C. The fourth-order valence-corrected chi connectivity index (χ4v) is 3.60. The first-order chi connectivity index (χ1) is 13.5. The van der Waals surface area contributed by atoms with Crippen molar-refractivity contribution in [3.05, 3.63) is 46.8 Å². The van der Waals surface area contributed by atoms with Crippen LogP contribution in [0.25, 0.3) is 11.3 Å². The van der Waals surface area contributed by atoms with Crippen LogP contribution in [0.4, 0.5) is 11.8 Å². The van der Waals surface area contributed by atoms with Gasteiger partial charge in [-0.15, -0.1) is 0 Å². The Morgan fingerprint density at radius 3 is 2.68 bits per heavy atom. The first-order valence-electron chi connectivity index (χ1n) is 9.23. The molecule has 0 saturated heterocycles. The minimum atomic E-state index is 0.271. The number of nitrogens with two attached hydrogens (primary N) is 1. The standard InChI is InChI=1S/C20H26N6OS/c1-12-7-5-8-16(13(12)2)17-11-18(25-20(21)24-17)22-9-6-10-23-28-19-14(3)26-27-15(19)4/h5,7-8,11,23H,6,9-10H2,1-4H3,(H3,21,22,24,25). The molecule has 0 aliphatic carbocycles. The van der Waals surface area contributed by atoms with Gasteiger partial charge < -0.3 is 15.6 Å². The van der Waals surface area contributed by atoms with Gasteiger partial charge in [0.25, 0.3) is 0 Å². The lowest BCUT2D eigenvalue weighted by atomic mass is 10.0. The molecular formula is C20H26N6OS. The second kappa shape index (κ2) is 9.07. The maximum atomic E-state index is 5.93. The number of aromatic nitrogens is 3. The lowest BCUT2D eigenvalue weighted by Gasteiger charge is -2.11. The van der Waals surface area contributed by atoms with E-state index in [0.29, 0.717) is 0 Å². The van der Waals surface area contributed by atoms with Crippen molar-refractivity contribution in [1.29, 1.82) is 0 Å². The minimum absolute atomic E-state index is 0.271. The quantitative estimate of drug-likeness (QED) is 0.386. The summed E-state index contributed by atoms with van der Waals surface area (Å²) in [5, 5.41) is 7.28. The summed E-state index contributed by atoms with van der Waals surface area (Å²) in [6, 6.07) is 8.13. The van der Waals surface area contributed by atoms with Crippen molar-refractivity contribution < 1.29 is 4.52 Å². The normalized spacial score (nSPS) is 11.0. The molecule has 2 aromatic heterocycles. The van der Waals surface area contributed by atoms with Gasteiger partial charge in [0.1, 0.15) is 11.6 Å². The third kappa shape index (κ3) is 4.82. The van der Waals surface area contributed by atoms with Gasteiger partial charge in [-0.1, -0.05) is 23.4 Å². The van der Waals surface area contributed by atoms with E-state index in [4.69, 9.17) is 10.3 Å². The predicted molar refractivity (Wildman–Crippen MR) is 114 cm³/mol. The van der Waals surface area contributed by atoms with Gasteiger partial charge >= 0.3 is 0 Å². The molecule has 0 unspecified atom stereocenters. The molecule has 8 heteroatoms. The molecule has 0 saturated carbocycles. The monoisotopic (exact) mass is 398 g/mol. The number of anilines is 2. The largest absolute Gasteiger partial charge is 0.370 e. The Bertz CT molecular complexity index is 936. The summed E-state index contributed by atoms with van der Waals surface area (Å²) < 4.78 is 8.49. The van der Waals surface area contributed by atoms with Crippen LogP contribution in [0, 0.1) is 27.7 Å². The Morgan fingerprint density at radius 2 is 1.93 bits per heavy atom. The summed E-state index contributed by atoms with van der Waals surface area (Å²) in [6.45, 7) is 9.66. The van der Waals surface area contributed by atoms with Crippen molar-refractivity contribution in [3.8, 4) is 11.3 Å². The van der Waals surface area contributed by atoms with E-state index in [1.54, 1.807) is 11.9 Å². The van der Waals surface area contributed by atoms with Gasteiger partial charge in [0.2, 0.25) is 5.95 Å². The second-order valence-electron chi connectivity index (χ2n) is 6.67. The van der Waals surface area contributed by atoms with Crippen LogP contribution in [0.5, 0.6) is 0 Å². The Labute approximate surface area is 169 Å². The van der Waals surface area contributed by atoms with E-state index in [-0.39, 0.29) is 5.95 Å². The molecule has 0 aliphatic heterocycles. The van der Waals surface area contributed by atoms with Crippen molar-refractivity contribution in [1.82, 2.24) is 19.8 Å². The lowest BCUT2D eigenvalue weighted by molar-refractivity contribution is 0.391. The molecule has 7 nitrogen and oxygen atoms in total. The number of hydrogen-bond acceptors (Lipinski definition) is 8. The molecule has 1 aromatic carbocycles. The number of nitrogen functional groups attached to an aromatic ring is 1. The number of hydrogen-bond donors (Lipinski definition) is 3. The van der Waals surface area contributed by atoms with Crippen molar-refractivity contribution in [2.45, 2.75) is 39.0 Å². The molecule has 0 atom stereocenters. The Hall–Kier alpha value is -2.58. The summed E-state index contributed by atoms with van der Waals surface area (Å²) in [4.78, 5) is 9.76. The minimum Gasteiger partial charge on any atom is -0.370 e. The van der Waals surface area contributed by atoms with Crippen LogP contribution in [-0.4, -0.2) is 28.2 Å². The summed E-state index contributed by atoms with van der Waals surface area (Å²) in [5.74, 6) is 1.85. The highest BCUT2D eigenvalue weighted by Gasteiger charge is 2.10. The van der Waals surface area contributed by atoms with Crippen molar-refractivity contribution >= 4 is 23.7 Å². The van der Waals surface area contributed by atoms with Crippen LogP contribution in [0.15, 0.2) is 33.7 Å². The molecule has 0 fully saturated rings. The molecule has 4 N–H and O–H groups in total. The molecule has 0 radical (unpaired) electrons. The summed E-state index contributed by atoms with van der Waals surface area (Å²) in [7, 11) is 0. The molecular weight excluding hydrogens is 372 g/mol. The lowest BCUT2D eigenvalue weighted by Crippen LogP contribution is -2.13. The molecule has 3 aromatic rings. The summed E-state index contributed by atoms with van der Waals surface area (Å²) >= 11 is 1.55. The van der Waals surface area contributed by atoms with Gasteiger partial charge in [0.05, 0.1) is 16.3 Å². The van der Waals surface area contributed by atoms with Gasteiger partial charge in [-0.2, -0.15) is 4.98 Å². The third-order valence-electron chi connectivity index (χ3n) is 4.53. The number of rotatable bonds is 8. The van der Waals surface area contributed by atoms with E-state index in [9.17, 15) is 0 Å². The fraction of sp³-hybridized carbons (Fsp3) is 0.350. The fourth-order valence-electron chi connectivity index (χ4n) is 2.84. The van der Waals surface area contributed by atoms with Gasteiger partial charge in [-0.05, 0) is 57.2 Å². The van der Waals surface area contributed by atoms with Gasteiger partial charge in [0, 0.05) is 24.7 Å². The highest BCUT2D eigenvalue weighted by atomic mass is 32.2. The Morgan fingerprint density at radius 1 is 1.11 bits per heavy atom. The number of benzene rings is 1. The highest BCUT2D eigenvalue weighted by molar-refractivity contribution is 7.97. The molecule has 0 spiro atoms. The van der Waals surface area contributed by atoms with E-state index in [2.05, 4.69) is 51.1 Å². The third-order valence-corrected chi connectivity index (χ3v) is 5.66. The Kier molecular flexibility index (Phi) is 6.53. The van der Waals surface area contributed by atoms with Crippen LogP contribution < -0.4 is 15.8 Å². The van der Waals surface area contributed by atoms with Gasteiger partial charge in [0.15, 0.2) is 0 Å². The average Bonchev–Trinajstić information content (AvgIpc) is 2.98. The van der Waals surface area contributed by atoms with E-state index in [0.717, 1.165) is 52.9 Å². The maximum absolute atomic E-state index is 5.93. The predicted octanol–water partition coefficient (Wildman–Crippen LogP) is 4.05. The van der Waals surface area contributed by atoms with Gasteiger partial charge in [-0.25, -0.2) is 4.98 Å². The zero-order chi connectivity index (χ0) is 20.1. The van der Waals surface area contributed by atoms with Crippen molar-refractivity contribution in [2.24, 2.45) is 0 Å². The first kappa shape index (κ1) is 20.2. The zero-order valence-electron chi connectivity index (χ0n) is 16.7. The van der Waals surface area contributed by atoms with E-state index < -0.39 is 0 Å². The number of nitrogens with zero attached hydrogens (tertiary/aromatic N) is 3. The Balaban J connectivity index is 1.54. The van der Waals surface area contributed by atoms with Gasteiger partial charge in [-0.3, -0.25) is 4.72 Å². The van der Waals surface area contributed by atoms with Crippen LogP contribution in [0.2, 0.25) is 0 Å². The smallest absolute Gasteiger partial charge is 0.222 e. The topological polar surface area (TPSA) is 102 Å². The average molecular weight is 399 g/mol.